The second-order valence-electron chi connectivity index (χ2n) is 5.64. The molecule has 1 aliphatic rings. The van der Waals surface area contributed by atoms with Gasteiger partial charge in [0.05, 0.1) is 34.9 Å². The summed E-state index contributed by atoms with van der Waals surface area (Å²) in [6, 6.07) is 2.16. The fraction of sp³-hybridized carbons (Fsp3) is 0.444. The van der Waals surface area contributed by atoms with Gasteiger partial charge in [0.15, 0.2) is 5.75 Å². The molecule has 1 unspecified atom stereocenters. The number of halogens is 2. The summed E-state index contributed by atoms with van der Waals surface area (Å²) in [6.07, 6.45) is 1.30. The average Bonchev–Trinajstić information content (AvgIpc) is 2.58. The van der Waals surface area contributed by atoms with Gasteiger partial charge in [-0.25, -0.2) is 9.59 Å². The first-order chi connectivity index (χ1) is 12.4. The van der Waals surface area contributed by atoms with E-state index in [9.17, 15) is 9.59 Å². The molecule has 6 nitrogen and oxygen atoms in total. The van der Waals surface area contributed by atoms with Crippen LogP contribution in [-0.4, -0.2) is 25.2 Å². The van der Waals surface area contributed by atoms with Gasteiger partial charge in [-0.15, -0.1) is 0 Å². The molecule has 0 saturated heterocycles. The Labute approximate surface area is 162 Å². The van der Waals surface area contributed by atoms with Crippen LogP contribution in [0.15, 0.2) is 23.4 Å². The third-order valence-electron chi connectivity index (χ3n) is 3.79. The molecule has 0 spiro atoms. The van der Waals surface area contributed by atoms with Crippen LogP contribution in [0.25, 0.3) is 0 Å². The summed E-state index contributed by atoms with van der Waals surface area (Å²) < 4.78 is 10.6. The maximum atomic E-state index is 12.6. The first kappa shape index (κ1) is 20.4. The van der Waals surface area contributed by atoms with Crippen molar-refractivity contribution in [2.75, 3.05) is 13.2 Å². The summed E-state index contributed by atoms with van der Waals surface area (Å²) in [5.41, 5.74) is 1.47. The van der Waals surface area contributed by atoms with E-state index >= 15 is 0 Å². The molecule has 142 valence electrons. The highest BCUT2D eigenvalue weighted by Gasteiger charge is 2.34. The van der Waals surface area contributed by atoms with E-state index in [0.29, 0.717) is 45.7 Å². The predicted octanol–water partition coefficient (Wildman–Crippen LogP) is 4.36. The second kappa shape index (κ2) is 9.14. The predicted molar refractivity (Wildman–Crippen MR) is 101 cm³/mol. The van der Waals surface area contributed by atoms with Gasteiger partial charge in [-0.05, 0) is 38.0 Å². The number of amides is 2. The Hall–Kier alpha value is -1.92. The number of ether oxygens (including phenoxy) is 2. The van der Waals surface area contributed by atoms with Crippen LogP contribution in [0.4, 0.5) is 4.79 Å². The van der Waals surface area contributed by atoms with Crippen LogP contribution in [0.5, 0.6) is 5.75 Å². The highest BCUT2D eigenvalue weighted by atomic mass is 35.5. The van der Waals surface area contributed by atoms with Gasteiger partial charge in [-0.1, -0.05) is 36.5 Å². The quantitative estimate of drug-likeness (QED) is 0.666. The summed E-state index contributed by atoms with van der Waals surface area (Å²) in [6.45, 7) is 6.16. The van der Waals surface area contributed by atoms with Gasteiger partial charge in [0.25, 0.3) is 0 Å². The Bertz CT molecular complexity index is 711. The fourth-order valence-corrected chi connectivity index (χ4v) is 3.41. The number of nitrogens with one attached hydrogen (secondary N) is 2. The molecule has 1 atom stereocenters. The first-order valence-electron chi connectivity index (χ1n) is 8.52. The van der Waals surface area contributed by atoms with Gasteiger partial charge in [0.1, 0.15) is 0 Å². The minimum Gasteiger partial charge on any atom is -0.491 e. The minimum atomic E-state index is -0.713. The average molecular weight is 401 g/mol. The summed E-state index contributed by atoms with van der Waals surface area (Å²) >= 11 is 12.6. The molecule has 0 saturated carbocycles. The lowest BCUT2D eigenvalue weighted by atomic mass is 9.93. The Balaban J connectivity index is 2.55. The lowest BCUT2D eigenvalue weighted by Crippen LogP contribution is -2.46. The SMILES string of the molecule is CCCC1=C(C(=O)OCC)C(c2cc(Cl)c(OCC)c(Cl)c2)NC(=O)N1. The zero-order chi connectivity index (χ0) is 19.3. The van der Waals surface area contributed by atoms with E-state index in [4.69, 9.17) is 32.7 Å². The molecule has 1 aromatic rings. The van der Waals surface area contributed by atoms with Gasteiger partial charge in [-0.3, -0.25) is 0 Å². The third-order valence-corrected chi connectivity index (χ3v) is 4.35. The van der Waals surface area contributed by atoms with Gasteiger partial charge >= 0.3 is 12.0 Å². The molecular formula is C18H22Cl2N2O4. The molecule has 1 heterocycles. The van der Waals surface area contributed by atoms with Crippen molar-refractivity contribution >= 4 is 35.2 Å². The number of benzene rings is 1. The number of esters is 1. The van der Waals surface area contributed by atoms with Gasteiger partial charge in [-0.2, -0.15) is 0 Å². The van der Waals surface area contributed by atoms with Crippen LogP contribution in [0, 0.1) is 0 Å². The monoisotopic (exact) mass is 400 g/mol. The van der Waals surface area contributed by atoms with Gasteiger partial charge in [0, 0.05) is 5.70 Å². The van der Waals surface area contributed by atoms with Crippen LogP contribution >= 0.6 is 23.2 Å². The fourth-order valence-electron chi connectivity index (χ4n) is 2.79. The summed E-state index contributed by atoms with van der Waals surface area (Å²) in [4.78, 5) is 24.6. The summed E-state index contributed by atoms with van der Waals surface area (Å²) in [7, 11) is 0. The van der Waals surface area contributed by atoms with Crippen LogP contribution in [-0.2, 0) is 9.53 Å². The Morgan fingerprint density at radius 2 is 1.81 bits per heavy atom. The Morgan fingerprint density at radius 1 is 1.15 bits per heavy atom. The molecule has 2 N–H and O–H groups in total. The molecule has 2 rings (SSSR count). The maximum Gasteiger partial charge on any atom is 0.338 e. The lowest BCUT2D eigenvalue weighted by molar-refractivity contribution is -0.139. The topological polar surface area (TPSA) is 76.7 Å². The van der Waals surface area contributed by atoms with E-state index in [1.54, 1.807) is 19.1 Å². The zero-order valence-corrected chi connectivity index (χ0v) is 16.5. The van der Waals surface area contributed by atoms with Crippen LogP contribution in [0.1, 0.15) is 45.2 Å². The van der Waals surface area contributed by atoms with Crippen molar-refractivity contribution in [2.45, 2.75) is 39.7 Å². The third kappa shape index (κ3) is 4.43. The van der Waals surface area contributed by atoms with Crippen LogP contribution < -0.4 is 15.4 Å². The van der Waals surface area contributed by atoms with Gasteiger partial charge < -0.3 is 20.1 Å². The van der Waals surface area contributed by atoms with E-state index in [-0.39, 0.29) is 6.61 Å². The van der Waals surface area contributed by atoms with Crippen LogP contribution in [0.3, 0.4) is 0 Å². The minimum absolute atomic E-state index is 0.229. The molecular weight excluding hydrogens is 379 g/mol. The number of hydrogen-bond donors (Lipinski definition) is 2. The van der Waals surface area contributed by atoms with Gasteiger partial charge in [0.2, 0.25) is 0 Å². The Morgan fingerprint density at radius 3 is 2.35 bits per heavy atom. The second-order valence-corrected chi connectivity index (χ2v) is 6.46. The molecule has 0 aliphatic carbocycles. The van der Waals surface area contributed by atoms with Crippen LogP contribution in [0.2, 0.25) is 10.0 Å². The van der Waals surface area contributed by atoms with E-state index < -0.39 is 18.0 Å². The molecule has 2 amide bonds. The van der Waals surface area contributed by atoms with E-state index in [2.05, 4.69) is 10.6 Å². The maximum absolute atomic E-state index is 12.6. The molecule has 1 aromatic carbocycles. The van der Waals surface area contributed by atoms with E-state index in [0.717, 1.165) is 6.42 Å². The van der Waals surface area contributed by atoms with E-state index in [1.807, 2.05) is 13.8 Å². The number of rotatable bonds is 7. The van der Waals surface area contributed by atoms with Crippen molar-refractivity contribution in [3.05, 3.63) is 39.0 Å². The highest BCUT2D eigenvalue weighted by molar-refractivity contribution is 6.37. The molecule has 0 aromatic heterocycles. The molecule has 1 aliphatic heterocycles. The summed E-state index contributed by atoms with van der Waals surface area (Å²) in [5, 5.41) is 6.07. The largest absolute Gasteiger partial charge is 0.491 e. The standard InChI is InChI=1S/C18H22Cl2N2O4/c1-4-7-13-14(17(23)26-6-3)15(22-18(24)21-13)10-8-11(19)16(25-5-2)12(20)9-10/h8-9,15H,4-7H2,1-3H3,(H2,21,22,24). The van der Waals surface area contributed by atoms with Crippen molar-refractivity contribution in [1.82, 2.24) is 10.6 Å². The van der Waals surface area contributed by atoms with Crippen molar-refractivity contribution in [1.29, 1.82) is 0 Å². The number of carbonyl (C=O) groups excluding carboxylic acids is 2. The molecule has 8 heteroatoms. The van der Waals surface area contributed by atoms with Crippen molar-refractivity contribution in [3.8, 4) is 5.75 Å². The number of urea groups is 1. The Kier molecular flexibility index (Phi) is 7.17. The van der Waals surface area contributed by atoms with E-state index in [1.165, 1.54) is 0 Å². The van der Waals surface area contributed by atoms with Crippen molar-refractivity contribution in [2.24, 2.45) is 0 Å². The summed E-state index contributed by atoms with van der Waals surface area (Å²) in [5.74, 6) is -0.120. The molecule has 0 bridgehead atoms. The number of hydrogen-bond acceptors (Lipinski definition) is 4. The highest BCUT2D eigenvalue weighted by Crippen LogP contribution is 2.38. The van der Waals surface area contributed by atoms with Crippen molar-refractivity contribution < 1.29 is 19.1 Å². The smallest absolute Gasteiger partial charge is 0.338 e. The first-order valence-corrected chi connectivity index (χ1v) is 9.27. The molecule has 26 heavy (non-hydrogen) atoms. The zero-order valence-electron chi connectivity index (χ0n) is 14.9. The lowest BCUT2D eigenvalue weighted by Gasteiger charge is -2.29. The van der Waals surface area contributed by atoms with Crippen molar-refractivity contribution in [3.63, 3.8) is 0 Å². The molecule has 0 fully saturated rings. The number of carbonyl (C=O) groups is 2. The number of allylic oxidation sites excluding steroid dienone is 1. The normalized spacial score (nSPS) is 16.8. The molecule has 0 radical (unpaired) electrons.